The highest BCUT2D eigenvalue weighted by molar-refractivity contribution is 5.29. The molecule has 0 aliphatic rings. The summed E-state index contributed by atoms with van der Waals surface area (Å²) in [4.78, 5) is 0. The maximum absolute atomic E-state index is 13.0. The van der Waals surface area contributed by atoms with E-state index >= 15 is 0 Å². The van der Waals surface area contributed by atoms with Crippen LogP contribution < -0.4 is 4.74 Å². The number of nitrogens with zero attached hydrogens (tertiary/aromatic N) is 1. The van der Waals surface area contributed by atoms with Crippen molar-refractivity contribution in [3.8, 4) is 11.8 Å². The maximum Gasteiger partial charge on any atom is 0.126 e. The van der Waals surface area contributed by atoms with Crippen LogP contribution in [0.15, 0.2) is 42.5 Å². The molecule has 2 nitrogen and oxygen atoms in total. The average Bonchev–Trinajstić information content (AvgIpc) is 2.37. The van der Waals surface area contributed by atoms with Crippen LogP contribution in [0.25, 0.3) is 0 Å². The van der Waals surface area contributed by atoms with Gasteiger partial charge in [0, 0.05) is 6.07 Å². The first-order valence-electron chi connectivity index (χ1n) is 5.71. The number of hydrogen-bond donors (Lipinski definition) is 0. The van der Waals surface area contributed by atoms with Crippen molar-refractivity contribution in [2.45, 2.75) is 13.0 Å². The molecule has 0 saturated carbocycles. The highest BCUT2D eigenvalue weighted by Crippen LogP contribution is 2.15. The van der Waals surface area contributed by atoms with E-state index in [0.29, 0.717) is 17.7 Å². The van der Waals surface area contributed by atoms with Crippen LogP contribution in [-0.2, 0) is 13.0 Å². The topological polar surface area (TPSA) is 33.0 Å². The summed E-state index contributed by atoms with van der Waals surface area (Å²) in [5, 5.41) is 8.54. The number of halogens is 2. The van der Waals surface area contributed by atoms with Gasteiger partial charge in [0.2, 0.25) is 0 Å². The highest BCUT2D eigenvalue weighted by Gasteiger charge is 2.02. The Hall–Kier alpha value is -2.41. The number of ether oxygens (including phenoxy) is 1. The summed E-state index contributed by atoms with van der Waals surface area (Å²) >= 11 is 0. The minimum Gasteiger partial charge on any atom is -0.489 e. The zero-order valence-corrected chi connectivity index (χ0v) is 10.1. The molecule has 0 bridgehead atoms. The molecule has 0 aliphatic carbocycles. The number of hydrogen-bond acceptors (Lipinski definition) is 2. The van der Waals surface area contributed by atoms with E-state index in [9.17, 15) is 8.78 Å². The molecule has 0 heterocycles. The predicted octanol–water partition coefficient (Wildman–Crippen LogP) is 3.61. The lowest BCUT2D eigenvalue weighted by molar-refractivity contribution is 0.304. The lowest BCUT2D eigenvalue weighted by atomic mass is 10.1. The fourth-order valence-electron chi connectivity index (χ4n) is 1.66. The summed E-state index contributed by atoms with van der Waals surface area (Å²) in [6, 6.07) is 12.3. The van der Waals surface area contributed by atoms with E-state index in [0.717, 1.165) is 11.6 Å². The Balaban J connectivity index is 2.00. The van der Waals surface area contributed by atoms with Gasteiger partial charge in [-0.1, -0.05) is 12.1 Å². The number of nitriles is 1. The van der Waals surface area contributed by atoms with Gasteiger partial charge in [0.1, 0.15) is 24.0 Å². The molecule has 19 heavy (non-hydrogen) atoms. The summed E-state index contributed by atoms with van der Waals surface area (Å²) in [5.41, 5.74) is 1.32. The zero-order valence-electron chi connectivity index (χ0n) is 10.1. The lowest BCUT2D eigenvalue weighted by Crippen LogP contribution is -1.97. The van der Waals surface area contributed by atoms with E-state index in [-0.39, 0.29) is 6.61 Å². The SMILES string of the molecule is N#CCc1ccc(OCc2cc(F)cc(F)c2)cc1. The smallest absolute Gasteiger partial charge is 0.126 e. The van der Waals surface area contributed by atoms with E-state index in [1.54, 1.807) is 24.3 Å². The van der Waals surface area contributed by atoms with Crippen molar-refractivity contribution >= 4 is 0 Å². The van der Waals surface area contributed by atoms with E-state index in [1.165, 1.54) is 12.1 Å². The second-order valence-corrected chi connectivity index (χ2v) is 4.05. The van der Waals surface area contributed by atoms with Gasteiger partial charge in [-0.2, -0.15) is 5.26 Å². The molecule has 0 fully saturated rings. The summed E-state index contributed by atoms with van der Waals surface area (Å²) in [7, 11) is 0. The van der Waals surface area contributed by atoms with Gasteiger partial charge in [-0.05, 0) is 35.4 Å². The van der Waals surface area contributed by atoms with Gasteiger partial charge in [0.15, 0.2) is 0 Å². The first-order chi connectivity index (χ1) is 9.17. The average molecular weight is 259 g/mol. The minimum atomic E-state index is -0.622. The molecule has 4 heteroatoms. The number of benzene rings is 2. The van der Waals surface area contributed by atoms with Gasteiger partial charge >= 0.3 is 0 Å². The molecule has 2 rings (SSSR count). The van der Waals surface area contributed by atoms with Crippen molar-refractivity contribution in [2.75, 3.05) is 0 Å². The summed E-state index contributed by atoms with van der Waals surface area (Å²) in [6.07, 6.45) is 0.343. The van der Waals surface area contributed by atoms with Crippen LogP contribution >= 0.6 is 0 Å². The van der Waals surface area contributed by atoms with Crippen molar-refractivity contribution in [3.63, 3.8) is 0 Å². The molecule has 0 amide bonds. The Morgan fingerprint density at radius 1 is 0.947 bits per heavy atom. The van der Waals surface area contributed by atoms with Gasteiger partial charge < -0.3 is 4.74 Å². The predicted molar refractivity (Wildman–Crippen MR) is 66.4 cm³/mol. The Morgan fingerprint density at radius 3 is 2.16 bits per heavy atom. The van der Waals surface area contributed by atoms with Gasteiger partial charge in [-0.15, -0.1) is 0 Å². The molecule has 0 aliphatic heterocycles. The molecule has 2 aromatic rings. The third-order valence-corrected chi connectivity index (χ3v) is 2.53. The van der Waals surface area contributed by atoms with Crippen LogP contribution in [0.2, 0.25) is 0 Å². The molecule has 0 saturated heterocycles. The quantitative estimate of drug-likeness (QED) is 0.840. The first-order valence-corrected chi connectivity index (χ1v) is 5.71. The summed E-state index contributed by atoms with van der Waals surface area (Å²) in [6.45, 7) is 0.0896. The fourth-order valence-corrected chi connectivity index (χ4v) is 1.66. The standard InChI is InChI=1S/C15H11F2NO/c16-13-7-12(8-14(17)9-13)10-19-15-3-1-11(2-4-15)5-6-18/h1-4,7-9H,5,10H2. The molecule has 96 valence electrons. The molecule has 2 aromatic carbocycles. The molecule has 0 aromatic heterocycles. The van der Waals surface area contributed by atoms with Gasteiger partial charge in [-0.25, -0.2) is 8.78 Å². The number of rotatable bonds is 4. The largest absolute Gasteiger partial charge is 0.489 e. The molecular weight excluding hydrogens is 248 g/mol. The van der Waals surface area contributed by atoms with Crippen LogP contribution in [0.5, 0.6) is 5.75 Å². The Morgan fingerprint density at radius 2 is 1.58 bits per heavy atom. The third kappa shape index (κ3) is 3.78. The van der Waals surface area contributed by atoms with E-state index < -0.39 is 11.6 Å². The molecule has 0 atom stereocenters. The second kappa shape index (κ2) is 5.96. The Labute approximate surface area is 109 Å². The van der Waals surface area contributed by atoms with E-state index in [2.05, 4.69) is 0 Å². The molecule has 0 unspecified atom stereocenters. The molecular formula is C15H11F2NO. The molecule has 0 radical (unpaired) electrons. The summed E-state index contributed by atoms with van der Waals surface area (Å²) in [5.74, 6) is -0.655. The van der Waals surface area contributed by atoms with Crippen LogP contribution in [-0.4, -0.2) is 0 Å². The van der Waals surface area contributed by atoms with Gasteiger partial charge in [0.25, 0.3) is 0 Å². The Bertz CT molecular complexity index is 582. The van der Waals surface area contributed by atoms with Crippen molar-refractivity contribution in [2.24, 2.45) is 0 Å². The zero-order chi connectivity index (χ0) is 13.7. The highest BCUT2D eigenvalue weighted by atomic mass is 19.1. The van der Waals surface area contributed by atoms with Crippen LogP contribution in [0, 0.1) is 23.0 Å². The molecule has 0 spiro atoms. The van der Waals surface area contributed by atoms with Crippen molar-refractivity contribution in [1.82, 2.24) is 0 Å². The minimum absolute atomic E-state index is 0.0896. The van der Waals surface area contributed by atoms with Crippen LogP contribution in [0.1, 0.15) is 11.1 Å². The Kier molecular flexibility index (Phi) is 4.09. The lowest BCUT2D eigenvalue weighted by Gasteiger charge is -2.07. The van der Waals surface area contributed by atoms with Crippen LogP contribution in [0.3, 0.4) is 0 Å². The monoisotopic (exact) mass is 259 g/mol. The van der Waals surface area contributed by atoms with Crippen molar-refractivity contribution in [3.05, 3.63) is 65.2 Å². The molecule has 0 N–H and O–H groups in total. The normalized spacial score (nSPS) is 9.95. The van der Waals surface area contributed by atoms with Crippen LogP contribution in [0.4, 0.5) is 8.78 Å². The van der Waals surface area contributed by atoms with Crippen molar-refractivity contribution < 1.29 is 13.5 Å². The van der Waals surface area contributed by atoms with Gasteiger partial charge in [0.05, 0.1) is 12.5 Å². The van der Waals surface area contributed by atoms with E-state index in [1.807, 2.05) is 6.07 Å². The third-order valence-electron chi connectivity index (χ3n) is 2.53. The fraction of sp³-hybridized carbons (Fsp3) is 0.133. The van der Waals surface area contributed by atoms with E-state index in [4.69, 9.17) is 10.00 Å². The van der Waals surface area contributed by atoms with Gasteiger partial charge in [-0.3, -0.25) is 0 Å². The first kappa shape index (κ1) is 13.0. The van der Waals surface area contributed by atoms with Crippen molar-refractivity contribution in [1.29, 1.82) is 5.26 Å². The summed E-state index contributed by atoms with van der Waals surface area (Å²) < 4.78 is 31.3. The second-order valence-electron chi connectivity index (χ2n) is 4.05. The maximum atomic E-state index is 13.0.